The van der Waals surface area contributed by atoms with Gasteiger partial charge in [0.25, 0.3) is 5.78 Å². The molecule has 0 saturated carbocycles. The maximum Gasteiger partial charge on any atom is 0.341 e. The molecule has 3 rings (SSSR count). The van der Waals surface area contributed by atoms with Crippen LogP contribution in [0.3, 0.4) is 0 Å². The number of ether oxygens (including phenoxy) is 1. The number of para-hydroxylation sites is 1. The van der Waals surface area contributed by atoms with E-state index in [1.807, 2.05) is 13.2 Å². The maximum absolute atomic E-state index is 12.6. The molecule has 0 saturated heterocycles. The quantitative estimate of drug-likeness (QED) is 0.379. The molecule has 1 aromatic carbocycles. The van der Waals surface area contributed by atoms with Crippen molar-refractivity contribution in [3.63, 3.8) is 0 Å². The highest BCUT2D eigenvalue weighted by molar-refractivity contribution is 7.98. The van der Waals surface area contributed by atoms with Crippen LogP contribution in [0.2, 0.25) is 0 Å². The highest BCUT2D eigenvalue weighted by Crippen LogP contribution is 2.28. The molecular weight excluding hydrogens is 382 g/mol. The zero-order valence-corrected chi connectivity index (χ0v) is 16.6. The Balaban J connectivity index is 1.87. The highest BCUT2D eigenvalue weighted by atomic mass is 32.2. The van der Waals surface area contributed by atoms with Gasteiger partial charge in [0.05, 0.1) is 19.2 Å². The number of phenols is 1. The summed E-state index contributed by atoms with van der Waals surface area (Å²) < 4.78 is 6.23. The lowest BCUT2D eigenvalue weighted by atomic mass is 10.1. The molecule has 0 aliphatic heterocycles. The normalized spacial score (nSPS) is 10.9. The van der Waals surface area contributed by atoms with Crippen molar-refractivity contribution in [1.82, 2.24) is 19.6 Å². The number of aromatic hydroxyl groups is 1. The van der Waals surface area contributed by atoms with E-state index in [2.05, 4.69) is 25.1 Å². The van der Waals surface area contributed by atoms with Gasteiger partial charge in [-0.1, -0.05) is 17.8 Å². The number of nitrogens with one attached hydrogen (secondary N) is 1. The van der Waals surface area contributed by atoms with E-state index < -0.39 is 5.97 Å². The Kier molecular flexibility index (Phi) is 5.50. The lowest BCUT2D eigenvalue weighted by molar-refractivity contribution is -0.115. The summed E-state index contributed by atoms with van der Waals surface area (Å²) in [6.07, 6.45) is 1.90. The molecule has 0 aliphatic carbocycles. The number of carbonyl (C=O) groups is 2. The number of aromatic nitrogens is 4. The summed E-state index contributed by atoms with van der Waals surface area (Å²) in [5, 5.41) is 17.8. The Labute approximate surface area is 165 Å². The largest absolute Gasteiger partial charge is 0.505 e. The second-order valence-electron chi connectivity index (χ2n) is 5.99. The van der Waals surface area contributed by atoms with Crippen molar-refractivity contribution in [3.05, 3.63) is 40.7 Å². The Morgan fingerprint density at radius 3 is 2.71 bits per heavy atom. The van der Waals surface area contributed by atoms with Gasteiger partial charge >= 0.3 is 5.97 Å². The minimum absolute atomic E-state index is 0.0248. The van der Waals surface area contributed by atoms with Crippen molar-refractivity contribution in [2.45, 2.75) is 25.4 Å². The van der Waals surface area contributed by atoms with Crippen LogP contribution in [-0.4, -0.2) is 49.9 Å². The van der Waals surface area contributed by atoms with Crippen molar-refractivity contribution in [2.75, 3.05) is 18.7 Å². The maximum atomic E-state index is 12.6. The van der Waals surface area contributed by atoms with E-state index in [0.29, 0.717) is 22.2 Å². The molecule has 2 aromatic heterocycles. The molecular formula is C18H19N5O4S. The SMILES string of the molecule is COC(=O)c1cccc(NC(=O)Cc2c(C)nc3nc(SC)nn3c2C)c1O. The molecule has 1 amide bonds. The molecule has 2 N–H and O–H groups in total. The summed E-state index contributed by atoms with van der Waals surface area (Å²) in [6.45, 7) is 3.65. The third-order valence-corrected chi connectivity index (χ3v) is 4.80. The molecule has 28 heavy (non-hydrogen) atoms. The van der Waals surface area contributed by atoms with Gasteiger partial charge in [0.2, 0.25) is 11.1 Å². The van der Waals surface area contributed by atoms with E-state index in [1.165, 1.54) is 31.0 Å². The Bertz CT molecular complexity index is 1080. The first-order valence-electron chi connectivity index (χ1n) is 8.32. The number of anilines is 1. The predicted octanol–water partition coefficient (Wildman–Crippen LogP) is 2.14. The number of carbonyl (C=O) groups excluding carboxylic acids is 2. The third-order valence-electron chi connectivity index (χ3n) is 4.26. The molecule has 9 nitrogen and oxygen atoms in total. The molecule has 0 aliphatic rings. The fourth-order valence-electron chi connectivity index (χ4n) is 2.81. The first-order chi connectivity index (χ1) is 13.3. The summed E-state index contributed by atoms with van der Waals surface area (Å²) >= 11 is 1.41. The van der Waals surface area contributed by atoms with E-state index in [0.717, 1.165) is 5.69 Å². The number of nitrogens with zero attached hydrogens (tertiary/aromatic N) is 4. The predicted molar refractivity (Wildman–Crippen MR) is 104 cm³/mol. The molecule has 10 heteroatoms. The molecule has 0 atom stereocenters. The summed E-state index contributed by atoms with van der Waals surface area (Å²) in [5.41, 5.74) is 2.25. The van der Waals surface area contributed by atoms with Crippen molar-refractivity contribution >= 4 is 35.1 Å². The lowest BCUT2D eigenvalue weighted by Crippen LogP contribution is -2.18. The minimum atomic E-state index is -0.689. The lowest BCUT2D eigenvalue weighted by Gasteiger charge is -2.12. The van der Waals surface area contributed by atoms with Gasteiger partial charge in [-0.25, -0.2) is 14.3 Å². The first kappa shape index (κ1) is 19.6. The number of hydrogen-bond acceptors (Lipinski definition) is 8. The number of benzene rings is 1. The van der Waals surface area contributed by atoms with Crippen LogP contribution in [0.15, 0.2) is 23.4 Å². The van der Waals surface area contributed by atoms with E-state index in [-0.39, 0.29) is 29.3 Å². The number of thioether (sulfide) groups is 1. The van der Waals surface area contributed by atoms with E-state index in [1.54, 1.807) is 17.5 Å². The van der Waals surface area contributed by atoms with Gasteiger partial charge in [-0.05, 0) is 32.2 Å². The van der Waals surface area contributed by atoms with Crippen LogP contribution in [-0.2, 0) is 16.0 Å². The fourth-order valence-corrected chi connectivity index (χ4v) is 3.14. The van der Waals surface area contributed by atoms with Gasteiger partial charge in [0, 0.05) is 17.0 Å². The number of hydrogen-bond donors (Lipinski definition) is 2. The molecule has 0 bridgehead atoms. The van der Waals surface area contributed by atoms with E-state index in [4.69, 9.17) is 0 Å². The summed E-state index contributed by atoms with van der Waals surface area (Å²) in [7, 11) is 1.22. The number of phenolic OH excluding ortho intramolecular Hbond substituents is 1. The van der Waals surface area contributed by atoms with Gasteiger partial charge in [0.1, 0.15) is 5.56 Å². The van der Waals surface area contributed by atoms with Crippen molar-refractivity contribution < 1.29 is 19.4 Å². The molecule has 2 heterocycles. The summed E-state index contributed by atoms with van der Waals surface area (Å²) in [6, 6.07) is 4.46. The molecule has 0 spiro atoms. The van der Waals surface area contributed by atoms with Crippen molar-refractivity contribution in [2.24, 2.45) is 0 Å². The fraction of sp³-hybridized carbons (Fsp3) is 0.278. The number of fused-ring (bicyclic) bond motifs is 1. The number of rotatable bonds is 5. The zero-order valence-electron chi connectivity index (χ0n) is 15.8. The number of methoxy groups -OCH3 is 1. The van der Waals surface area contributed by atoms with E-state index >= 15 is 0 Å². The average molecular weight is 401 g/mol. The first-order valence-corrected chi connectivity index (χ1v) is 9.55. The number of esters is 1. The Hall–Kier alpha value is -3.14. The topological polar surface area (TPSA) is 119 Å². The minimum Gasteiger partial charge on any atom is -0.505 e. The van der Waals surface area contributed by atoms with Crippen LogP contribution in [0.1, 0.15) is 27.3 Å². The number of amides is 1. The summed E-state index contributed by atoms with van der Waals surface area (Å²) in [4.78, 5) is 33.0. The van der Waals surface area contributed by atoms with E-state index in [9.17, 15) is 14.7 Å². The van der Waals surface area contributed by atoms with Gasteiger partial charge in [-0.2, -0.15) is 4.98 Å². The molecule has 3 aromatic rings. The van der Waals surface area contributed by atoms with Crippen LogP contribution in [0.25, 0.3) is 5.78 Å². The Morgan fingerprint density at radius 1 is 1.29 bits per heavy atom. The van der Waals surface area contributed by atoms with Gasteiger partial charge in [-0.15, -0.1) is 5.10 Å². The highest BCUT2D eigenvalue weighted by Gasteiger charge is 2.19. The smallest absolute Gasteiger partial charge is 0.341 e. The van der Waals surface area contributed by atoms with Crippen LogP contribution in [0.5, 0.6) is 5.75 Å². The Morgan fingerprint density at radius 2 is 2.04 bits per heavy atom. The second-order valence-corrected chi connectivity index (χ2v) is 6.76. The summed E-state index contributed by atoms with van der Waals surface area (Å²) in [5.74, 6) is -0.918. The van der Waals surface area contributed by atoms with Crippen molar-refractivity contribution in [3.8, 4) is 5.75 Å². The monoisotopic (exact) mass is 401 g/mol. The van der Waals surface area contributed by atoms with Crippen LogP contribution in [0, 0.1) is 13.8 Å². The van der Waals surface area contributed by atoms with Crippen LogP contribution in [0.4, 0.5) is 5.69 Å². The molecule has 0 fully saturated rings. The van der Waals surface area contributed by atoms with Gasteiger partial charge < -0.3 is 15.2 Å². The second kappa shape index (κ2) is 7.85. The molecule has 146 valence electrons. The van der Waals surface area contributed by atoms with Crippen LogP contribution >= 0.6 is 11.8 Å². The zero-order chi connectivity index (χ0) is 20.4. The average Bonchev–Trinajstić information content (AvgIpc) is 3.09. The van der Waals surface area contributed by atoms with Gasteiger partial charge in [-0.3, -0.25) is 4.79 Å². The van der Waals surface area contributed by atoms with Gasteiger partial charge in [0.15, 0.2) is 5.75 Å². The molecule has 0 radical (unpaired) electrons. The standard InChI is InChI=1S/C18H19N5O4S/c1-9-12(10(2)23-17(19-9)21-18(22-23)28-4)8-14(24)20-13-7-5-6-11(15(13)25)16(26)27-3/h5-7,25H,8H2,1-4H3,(H,20,24). The molecule has 0 unspecified atom stereocenters. The van der Waals surface area contributed by atoms with Crippen molar-refractivity contribution in [1.29, 1.82) is 0 Å². The third kappa shape index (κ3) is 3.63. The number of aryl methyl sites for hydroxylation is 2. The van der Waals surface area contributed by atoms with Crippen LogP contribution < -0.4 is 5.32 Å².